The molecule has 0 saturated carbocycles. The number of benzene rings is 1. The summed E-state index contributed by atoms with van der Waals surface area (Å²) in [6, 6.07) is 11.7. The molecule has 3 aromatic rings. The fourth-order valence-corrected chi connectivity index (χ4v) is 4.17. The molecule has 1 aromatic carbocycles. The van der Waals surface area contributed by atoms with E-state index >= 15 is 0 Å². The maximum atomic E-state index is 12.5. The van der Waals surface area contributed by atoms with Crippen molar-refractivity contribution in [1.82, 2.24) is 14.7 Å². The summed E-state index contributed by atoms with van der Waals surface area (Å²) < 4.78 is 7.45. The largest absolute Gasteiger partial charge is 0.481 e. The van der Waals surface area contributed by atoms with Crippen LogP contribution in [0.4, 0.5) is 4.79 Å². The first kappa shape index (κ1) is 26.3. The molecule has 0 saturated heterocycles. The van der Waals surface area contributed by atoms with Crippen molar-refractivity contribution >= 4 is 17.7 Å². The van der Waals surface area contributed by atoms with Crippen molar-refractivity contribution in [1.29, 1.82) is 0 Å². The number of aliphatic carboxylic acids is 1. The van der Waals surface area contributed by atoms with E-state index in [0.717, 1.165) is 28.0 Å². The lowest BCUT2D eigenvalue weighted by Crippen LogP contribution is -2.43. The first-order valence-electron chi connectivity index (χ1n) is 12.0. The Morgan fingerprint density at radius 3 is 2.29 bits per heavy atom. The van der Waals surface area contributed by atoms with Gasteiger partial charge in [-0.25, -0.2) is 9.78 Å². The Hall–Kier alpha value is -3.35. The molecule has 1 unspecified atom stereocenters. The Labute approximate surface area is 207 Å². The number of nitrogens with zero attached hydrogens (tertiary/aromatic N) is 2. The van der Waals surface area contributed by atoms with Crippen molar-refractivity contribution in [3.05, 3.63) is 59.9 Å². The molecule has 7 nitrogen and oxygen atoms in total. The molecule has 0 aliphatic rings. The normalized spacial score (nSPS) is 13.9. The van der Waals surface area contributed by atoms with E-state index < -0.39 is 35.0 Å². The number of imidazole rings is 1. The van der Waals surface area contributed by atoms with Crippen LogP contribution >= 0.6 is 0 Å². The van der Waals surface area contributed by atoms with E-state index in [1.807, 2.05) is 80.9 Å². The van der Waals surface area contributed by atoms with Gasteiger partial charge < -0.3 is 19.6 Å². The van der Waals surface area contributed by atoms with Crippen LogP contribution in [-0.2, 0) is 16.0 Å². The number of aryl methyl sites for hydroxylation is 1. The van der Waals surface area contributed by atoms with Gasteiger partial charge in [-0.1, -0.05) is 51.1 Å². The van der Waals surface area contributed by atoms with Crippen molar-refractivity contribution < 1.29 is 19.4 Å². The molecule has 1 amide bonds. The van der Waals surface area contributed by atoms with Crippen molar-refractivity contribution in [2.75, 3.05) is 0 Å². The number of hydrogen-bond donors (Lipinski definition) is 2. The number of hydrogen-bond acceptors (Lipinski definition) is 4. The summed E-state index contributed by atoms with van der Waals surface area (Å²) in [5.41, 5.74) is 3.81. The van der Waals surface area contributed by atoms with Crippen LogP contribution in [0.3, 0.4) is 0 Å². The highest BCUT2D eigenvalue weighted by Gasteiger charge is 2.34. The zero-order valence-corrected chi connectivity index (χ0v) is 21.8. The minimum Gasteiger partial charge on any atom is -0.481 e. The summed E-state index contributed by atoms with van der Waals surface area (Å²) in [5, 5.41) is 12.7. The summed E-state index contributed by atoms with van der Waals surface area (Å²) in [6.45, 7) is 13.2. The Morgan fingerprint density at radius 1 is 1.09 bits per heavy atom. The van der Waals surface area contributed by atoms with Crippen molar-refractivity contribution in [3.8, 4) is 11.3 Å². The first-order valence-corrected chi connectivity index (χ1v) is 12.0. The van der Waals surface area contributed by atoms with E-state index in [0.29, 0.717) is 12.8 Å². The van der Waals surface area contributed by atoms with Crippen LogP contribution in [0.25, 0.3) is 16.9 Å². The molecule has 188 valence electrons. The van der Waals surface area contributed by atoms with Crippen LogP contribution in [-0.4, -0.2) is 38.2 Å². The number of carbonyl (C=O) groups excluding carboxylic acids is 1. The second kappa shape index (κ2) is 10.1. The number of pyridine rings is 1. The predicted octanol–water partition coefficient (Wildman–Crippen LogP) is 5.88. The predicted molar refractivity (Wildman–Crippen MR) is 137 cm³/mol. The number of alkyl carbamates (subject to hydrolysis) is 1. The van der Waals surface area contributed by atoms with Gasteiger partial charge in [0.15, 0.2) is 0 Å². The van der Waals surface area contributed by atoms with Gasteiger partial charge in [0.1, 0.15) is 11.2 Å². The highest BCUT2D eigenvalue weighted by molar-refractivity contribution is 5.72. The number of carboxylic acid groups (broad SMARTS) is 1. The standard InChI is InChI=1S/C28H37N3O4/c1-18-9-8-14-31-17-23(30-24(18)31)20-12-10-19(11-13-20)15-21(29-26(34)35-28(5,6)7)16-22(25(32)33)27(2,3)4/h8-14,17,21-22H,15-16H2,1-7H3,(H,29,34)(H,32,33)/t21-,22?/m0/s1. The molecule has 0 fully saturated rings. The van der Waals surface area contributed by atoms with E-state index in [-0.39, 0.29) is 0 Å². The van der Waals surface area contributed by atoms with Gasteiger partial charge in [0.25, 0.3) is 0 Å². The van der Waals surface area contributed by atoms with E-state index in [2.05, 4.69) is 5.32 Å². The number of aromatic nitrogens is 2. The number of nitrogens with one attached hydrogen (secondary N) is 1. The number of rotatable bonds is 7. The van der Waals surface area contributed by atoms with Gasteiger partial charge in [-0.2, -0.15) is 0 Å². The smallest absolute Gasteiger partial charge is 0.407 e. The number of ether oxygens (including phenoxy) is 1. The quantitative estimate of drug-likeness (QED) is 0.441. The summed E-state index contributed by atoms with van der Waals surface area (Å²) >= 11 is 0. The first-order chi connectivity index (χ1) is 16.2. The average Bonchev–Trinajstić information content (AvgIpc) is 3.15. The van der Waals surface area contributed by atoms with Crippen LogP contribution in [0.15, 0.2) is 48.8 Å². The van der Waals surface area contributed by atoms with Gasteiger partial charge in [0.05, 0.1) is 11.6 Å². The van der Waals surface area contributed by atoms with E-state index in [1.165, 1.54) is 0 Å². The maximum absolute atomic E-state index is 12.5. The summed E-state index contributed by atoms with van der Waals surface area (Å²) in [7, 11) is 0. The van der Waals surface area contributed by atoms with E-state index in [4.69, 9.17) is 9.72 Å². The molecular weight excluding hydrogens is 442 g/mol. The maximum Gasteiger partial charge on any atom is 0.407 e. The van der Waals surface area contributed by atoms with Crippen molar-refractivity contribution in [2.24, 2.45) is 11.3 Å². The molecule has 2 aromatic heterocycles. The average molecular weight is 480 g/mol. The van der Waals surface area contributed by atoms with Gasteiger partial charge in [-0.3, -0.25) is 4.79 Å². The fourth-order valence-electron chi connectivity index (χ4n) is 4.17. The molecule has 0 spiro atoms. The highest BCUT2D eigenvalue weighted by Crippen LogP contribution is 2.31. The lowest BCUT2D eigenvalue weighted by molar-refractivity contribution is -0.146. The third-order valence-electron chi connectivity index (χ3n) is 5.99. The minimum atomic E-state index is -0.869. The minimum absolute atomic E-state index is 0.297. The van der Waals surface area contributed by atoms with Gasteiger partial charge in [0, 0.05) is 24.0 Å². The molecule has 2 heterocycles. The number of amides is 1. The second-order valence-corrected chi connectivity index (χ2v) is 11.3. The Morgan fingerprint density at radius 2 is 1.74 bits per heavy atom. The topological polar surface area (TPSA) is 92.9 Å². The van der Waals surface area contributed by atoms with Crippen molar-refractivity contribution in [3.63, 3.8) is 0 Å². The fraction of sp³-hybridized carbons (Fsp3) is 0.464. The number of carbonyl (C=O) groups is 2. The van der Waals surface area contributed by atoms with Gasteiger partial charge >= 0.3 is 12.1 Å². The summed E-state index contributed by atoms with van der Waals surface area (Å²) in [6.07, 6.45) is 4.23. The van der Waals surface area contributed by atoms with Gasteiger partial charge in [0.2, 0.25) is 0 Å². The molecule has 2 atom stereocenters. The SMILES string of the molecule is Cc1cccn2cc(-c3ccc(C[C@@H](CC(C(=O)O)C(C)(C)C)NC(=O)OC(C)(C)C)cc3)nc12. The molecule has 3 rings (SSSR count). The molecule has 0 bridgehead atoms. The zero-order valence-electron chi connectivity index (χ0n) is 21.8. The lowest BCUT2D eigenvalue weighted by atomic mass is 9.76. The van der Waals surface area contributed by atoms with E-state index in [1.54, 1.807) is 20.8 Å². The molecule has 0 aliphatic carbocycles. The second-order valence-electron chi connectivity index (χ2n) is 11.3. The molecule has 35 heavy (non-hydrogen) atoms. The van der Waals surface area contributed by atoms with Crippen LogP contribution < -0.4 is 5.32 Å². The van der Waals surface area contributed by atoms with Crippen LogP contribution in [0.1, 0.15) is 59.1 Å². The lowest BCUT2D eigenvalue weighted by Gasteiger charge is -2.31. The molecule has 0 radical (unpaired) electrons. The number of carboxylic acids is 1. The van der Waals surface area contributed by atoms with Crippen LogP contribution in [0.2, 0.25) is 0 Å². The molecular formula is C28H37N3O4. The molecule has 2 N–H and O–H groups in total. The van der Waals surface area contributed by atoms with Gasteiger partial charge in [-0.05, 0) is 63.1 Å². The Balaban J connectivity index is 1.81. The van der Waals surface area contributed by atoms with Crippen LogP contribution in [0, 0.1) is 18.3 Å². The third-order valence-corrected chi connectivity index (χ3v) is 5.99. The van der Waals surface area contributed by atoms with Gasteiger partial charge in [-0.15, -0.1) is 0 Å². The Bertz CT molecular complexity index is 1180. The molecule has 7 heteroatoms. The molecule has 0 aliphatic heterocycles. The Kier molecular flexibility index (Phi) is 7.58. The monoisotopic (exact) mass is 479 g/mol. The van der Waals surface area contributed by atoms with Crippen LogP contribution in [0.5, 0.6) is 0 Å². The van der Waals surface area contributed by atoms with E-state index in [9.17, 15) is 14.7 Å². The highest BCUT2D eigenvalue weighted by atomic mass is 16.6. The third kappa shape index (κ3) is 7.07. The zero-order chi connectivity index (χ0) is 26.0. The number of fused-ring (bicyclic) bond motifs is 1. The summed E-state index contributed by atoms with van der Waals surface area (Å²) in [5.74, 6) is -1.49. The van der Waals surface area contributed by atoms with Crippen molar-refractivity contribution in [2.45, 2.75) is 73.0 Å². The summed E-state index contributed by atoms with van der Waals surface area (Å²) in [4.78, 5) is 29.3.